The number of hydrogen-bond acceptors (Lipinski definition) is 2. The molecule has 1 fully saturated rings. The lowest BCUT2D eigenvalue weighted by Crippen LogP contribution is -2.39. The molecule has 0 aliphatic heterocycles. The summed E-state index contributed by atoms with van der Waals surface area (Å²) in [4.78, 5) is 0. The molecule has 0 atom stereocenters. The third kappa shape index (κ3) is 2.81. The topological polar surface area (TPSA) is 32.3 Å². The minimum atomic E-state index is 0.150. The van der Waals surface area contributed by atoms with Gasteiger partial charge in [0.1, 0.15) is 0 Å². The second-order valence-electron chi connectivity index (χ2n) is 5.64. The van der Waals surface area contributed by atoms with E-state index in [2.05, 4.69) is 43.4 Å². The summed E-state index contributed by atoms with van der Waals surface area (Å²) < 4.78 is 0. The largest absolute Gasteiger partial charge is 0.396 e. The van der Waals surface area contributed by atoms with E-state index in [0.29, 0.717) is 12.5 Å². The number of aliphatic hydroxyl groups excluding tert-OH is 1. The average molecular weight is 233 g/mol. The number of benzene rings is 1. The molecule has 0 amide bonds. The van der Waals surface area contributed by atoms with Gasteiger partial charge in [-0.25, -0.2) is 0 Å². The summed E-state index contributed by atoms with van der Waals surface area (Å²) in [7, 11) is 0. The van der Waals surface area contributed by atoms with Crippen LogP contribution >= 0.6 is 0 Å². The highest BCUT2D eigenvalue weighted by atomic mass is 16.3. The molecule has 0 radical (unpaired) electrons. The highest BCUT2D eigenvalue weighted by molar-refractivity contribution is 5.45. The molecule has 1 aliphatic rings. The number of anilines is 1. The van der Waals surface area contributed by atoms with Crippen LogP contribution in [0.5, 0.6) is 0 Å². The van der Waals surface area contributed by atoms with Crippen molar-refractivity contribution in [3.63, 3.8) is 0 Å². The van der Waals surface area contributed by atoms with E-state index in [1.165, 1.54) is 12.0 Å². The molecule has 0 saturated heterocycles. The van der Waals surface area contributed by atoms with Crippen LogP contribution in [0, 0.1) is 5.41 Å². The summed E-state index contributed by atoms with van der Waals surface area (Å²) in [6.07, 6.45) is 3.57. The summed E-state index contributed by atoms with van der Waals surface area (Å²) in [5.74, 6) is 0.583. The van der Waals surface area contributed by atoms with Crippen LogP contribution in [0.4, 0.5) is 5.69 Å². The average Bonchev–Trinajstić information content (AvgIpc) is 2.29. The third-order valence-electron chi connectivity index (χ3n) is 3.99. The van der Waals surface area contributed by atoms with E-state index >= 15 is 0 Å². The van der Waals surface area contributed by atoms with E-state index in [1.54, 1.807) is 0 Å². The van der Waals surface area contributed by atoms with Gasteiger partial charge in [0.2, 0.25) is 0 Å². The molecule has 1 aromatic rings. The van der Waals surface area contributed by atoms with Crippen molar-refractivity contribution in [3.8, 4) is 0 Å². The lowest BCUT2D eigenvalue weighted by molar-refractivity contribution is 0.0576. The van der Waals surface area contributed by atoms with Crippen molar-refractivity contribution in [2.24, 2.45) is 5.41 Å². The minimum Gasteiger partial charge on any atom is -0.396 e. The normalized spacial score (nSPS) is 17.9. The molecule has 1 aromatic carbocycles. The highest BCUT2D eigenvalue weighted by Gasteiger charge is 2.35. The predicted molar refractivity (Wildman–Crippen MR) is 72.4 cm³/mol. The molecule has 1 aliphatic carbocycles. The molecule has 17 heavy (non-hydrogen) atoms. The monoisotopic (exact) mass is 233 g/mol. The van der Waals surface area contributed by atoms with Crippen LogP contribution in [-0.2, 0) is 0 Å². The number of hydrogen-bond donors (Lipinski definition) is 2. The number of nitrogens with one attached hydrogen (secondary N) is 1. The Labute approximate surface area is 104 Å². The Balaban J connectivity index is 1.91. The van der Waals surface area contributed by atoms with Crippen molar-refractivity contribution < 1.29 is 5.11 Å². The van der Waals surface area contributed by atoms with E-state index in [-0.39, 0.29) is 5.41 Å². The first-order valence-electron chi connectivity index (χ1n) is 6.60. The van der Waals surface area contributed by atoms with Crippen molar-refractivity contribution in [2.75, 3.05) is 18.5 Å². The van der Waals surface area contributed by atoms with Crippen LogP contribution in [0.1, 0.15) is 44.6 Å². The zero-order chi connectivity index (χ0) is 12.3. The summed E-state index contributed by atoms with van der Waals surface area (Å²) >= 11 is 0. The van der Waals surface area contributed by atoms with Gasteiger partial charge in [0.05, 0.1) is 6.61 Å². The van der Waals surface area contributed by atoms with Crippen LogP contribution in [0.2, 0.25) is 0 Å². The molecule has 0 spiro atoms. The fraction of sp³-hybridized carbons (Fsp3) is 0.600. The van der Waals surface area contributed by atoms with Crippen molar-refractivity contribution in [1.29, 1.82) is 0 Å². The maximum atomic E-state index is 9.39. The Morgan fingerprint density at radius 3 is 2.29 bits per heavy atom. The molecule has 2 nitrogen and oxygen atoms in total. The smallest absolute Gasteiger partial charge is 0.0504 e. The van der Waals surface area contributed by atoms with Crippen molar-refractivity contribution in [3.05, 3.63) is 29.8 Å². The third-order valence-corrected chi connectivity index (χ3v) is 3.99. The molecule has 0 bridgehead atoms. The molecule has 0 unspecified atom stereocenters. The lowest BCUT2D eigenvalue weighted by Gasteiger charge is -2.40. The maximum absolute atomic E-state index is 9.39. The van der Waals surface area contributed by atoms with Gasteiger partial charge in [0, 0.05) is 17.6 Å². The van der Waals surface area contributed by atoms with E-state index in [9.17, 15) is 5.11 Å². The molecule has 94 valence electrons. The number of rotatable bonds is 5. The first-order chi connectivity index (χ1) is 8.15. The summed E-state index contributed by atoms with van der Waals surface area (Å²) in [6, 6.07) is 8.64. The van der Waals surface area contributed by atoms with Gasteiger partial charge in [-0.15, -0.1) is 0 Å². The van der Waals surface area contributed by atoms with Crippen LogP contribution in [-0.4, -0.2) is 18.3 Å². The molecule has 1 saturated carbocycles. The Kier molecular flexibility index (Phi) is 3.72. The van der Waals surface area contributed by atoms with Gasteiger partial charge in [-0.2, -0.15) is 0 Å². The van der Waals surface area contributed by atoms with Gasteiger partial charge >= 0.3 is 0 Å². The molecule has 2 rings (SSSR count). The number of aliphatic hydroxyl groups is 1. The van der Waals surface area contributed by atoms with E-state index in [0.717, 1.165) is 25.1 Å². The second-order valence-corrected chi connectivity index (χ2v) is 5.64. The van der Waals surface area contributed by atoms with Gasteiger partial charge in [-0.3, -0.25) is 0 Å². The molecular weight excluding hydrogens is 210 g/mol. The first kappa shape index (κ1) is 12.4. The standard InChI is InChI=1S/C15H23NO/c1-12(2)13-4-6-14(7-5-13)16-10-15(11-17)8-3-9-15/h4-7,12,16-17H,3,8-11H2,1-2H3. The Bertz CT molecular complexity index is 346. The molecule has 0 aromatic heterocycles. The van der Waals surface area contributed by atoms with Crippen LogP contribution in [0.3, 0.4) is 0 Å². The second kappa shape index (κ2) is 5.09. The van der Waals surface area contributed by atoms with E-state index in [4.69, 9.17) is 0 Å². The highest BCUT2D eigenvalue weighted by Crippen LogP contribution is 2.40. The SMILES string of the molecule is CC(C)c1ccc(NCC2(CO)CCC2)cc1. The maximum Gasteiger partial charge on any atom is 0.0504 e. The molecule has 2 heteroatoms. The van der Waals surface area contributed by atoms with Gasteiger partial charge in [0.15, 0.2) is 0 Å². The fourth-order valence-electron chi connectivity index (χ4n) is 2.34. The summed E-state index contributed by atoms with van der Waals surface area (Å²) in [6.45, 7) is 5.61. The molecular formula is C15H23NO. The van der Waals surface area contributed by atoms with Crippen molar-refractivity contribution in [1.82, 2.24) is 0 Å². The Morgan fingerprint density at radius 2 is 1.88 bits per heavy atom. The summed E-state index contributed by atoms with van der Waals surface area (Å²) in [5.41, 5.74) is 2.68. The zero-order valence-corrected chi connectivity index (χ0v) is 10.9. The van der Waals surface area contributed by atoms with Gasteiger partial charge in [-0.05, 0) is 36.5 Å². The van der Waals surface area contributed by atoms with Gasteiger partial charge < -0.3 is 10.4 Å². The van der Waals surface area contributed by atoms with Crippen molar-refractivity contribution in [2.45, 2.75) is 39.0 Å². The fourth-order valence-corrected chi connectivity index (χ4v) is 2.34. The Hall–Kier alpha value is -1.02. The zero-order valence-electron chi connectivity index (χ0n) is 10.9. The Morgan fingerprint density at radius 1 is 1.24 bits per heavy atom. The van der Waals surface area contributed by atoms with Crippen molar-refractivity contribution >= 4 is 5.69 Å². The van der Waals surface area contributed by atoms with Gasteiger partial charge in [-0.1, -0.05) is 32.4 Å². The summed E-state index contributed by atoms with van der Waals surface area (Å²) in [5, 5.41) is 12.8. The predicted octanol–water partition coefficient (Wildman–Crippen LogP) is 3.38. The lowest BCUT2D eigenvalue weighted by atomic mass is 9.69. The van der Waals surface area contributed by atoms with Crippen LogP contribution in [0.15, 0.2) is 24.3 Å². The quantitative estimate of drug-likeness (QED) is 0.817. The first-order valence-corrected chi connectivity index (χ1v) is 6.60. The van der Waals surface area contributed by atoms with E-state index in [1.807, 2.05) is 0 Å². The van der Waals surface area contributed by atoms with Crippen LogP contribution in [0.25, 0.3) is 0 Å². The van der Waals surface area contributed by atoms with Gasteiger partial charge in [0.25, 0.3) is 0 Å². The van der Waals surface area contributed by atoms with Crippen LogP contribution < -0.4 is 5.32 Å². The minimum absolute atomic E-state index is 0.150. The van der Waals surface area contributed by atoms with E-state index < -0.39 is 0 Å². The molecule has 2 N–H and O–H groups in total. The molecule has 0 heterocycles.